The predicted molar refractivity (Wildman–Crippen MR) is 38.2 cm³/mol. The van der Waals surface area contributed by atoms with Crippen LogP contribution in [-0.2, 0) is 11.4 Å². The highest BCUT2D eigenvalue weighted by atomic mass is 19.1. The van der Waals surface area contributed by atoms with E-state index in [-0.39, 0.29) is 11.4 Å². The van der Waals surface area contributed by atoms with E-state index in [0.29, 0.717) is 0 Å². The second-order valence-electron chi connectivity index (χ2n) is 2.01. The second kappa shape index (κ2) is 3.75. The first-order chi connectivity index (χ1) is 5.77. The van der Waals surface area contributed by atoms with E-state index in [1.165, 1.54) is 19.5 Å². The molecule has 0 atom stereocenters. The molecule has 0 bridgehead atoms. The molecule has 0 N–H and O–H groups in total. The SMILES string of the molecule is COC(=O)c1cnc(CF)nc1. The van der Waals surface area contributed by atoms with E-state index < -0.39 is 12.6 Å². The summed E-state index contributed by atoms with van der Waals surface area (Å²) in [6.45, 7) is -0.735. The monoisotopic (exact) mass is 170 g/mol. The molecule has 12 heavy (non-hydrogen) atoms. The zero-order chi connectivity index (χ0) is 8.97. The molecule has 0 saturated carbocycles. The number of hydrogen-bond acceptors (Lipinski definition) is 4. The third-order valence-corrected chi connectivity index (χ3v) is 1.25. The van der Waals surface area contributed by atoms with Crippen molar-refractivity contribution >= 4 is 5.97 Å². The number of rotatable bonds is 2. The van der Waals surface area contributed by atoms with E-state index in [1.54, 1.807) is 0 Å². The fraction of sp³-hybridized carbons (Fsp3) is 0.286. The third kappa shape index (κ3) is 1.75. The van der Waals surface area contributed by atoms with Crippen LogP contribution >= 0.6 is 0 Å². The van der Waals surface area contributed by atoms with Crippen LogP contribution in [0.2, 0.25) is 0 Å². The summed E-state index contributed by atoms with van der Waals surface area (Å²) in [6.07, 6.45) is 2.46. The lowest BCUT2D eigenvalue weighted by Gasteiger charge is -1.97. The molecule has 0 amide bonds. The number of carbonyl (C=O) groups excluding carboxylic acids is 1. The minimum Gasteiger partial charge on any atom is -0.465 e. The first kappa shape index (κ1) is 8.58. The fourth-order valence-electron chi connectivity index (χ4n) is 0.647. The molecule has 1 heterocycles. The molecule has 0 radical (unpaired) electrons. The highest BCUT2D eigenvalue weighted by molar-refractivity contribution is 5.88. The van der Waals surface area contributed by atoms with Crippen LogP contribution in [0.1, 0.15) is 16.2 Å². The van der Waals surface area contributed by atoms with Crippen molar-refractivity contribution in [2.24, 2.45) is 0 Å². The van der Waals surface area contributed by atoms with Crippen molar-refractivity contribution in [3.05, 3.63) is 23.8 Å². The lowest BCUT2D eigenvalue weighted by atomic mass is 10.3. The van der Waals surface area contributed by atoms with Crippen LogP contribution in [0.3, 0.4) is 0 Å². The summed E-state index contributed by atoms with van der Waals surface area (Å²) in [5.41, 5.74) is 0.217. The van der Waals surface area contributed by atoms with Gasteiger partial charge in [-0.25, -0.2) is 19.2 Å². The Hall–Kier alpha value is -1.52. The minimum atomic E-state index is -0.735. The Bertz CT molecular complexity index is 273. The van der Waals surface area contributed by atoms with E-state index >= 15 is 0 Å². The normalized spacial score (nSPS) is 9.50. The van der Waals surface area contributed by atoms with Crippen LogP contribution in [0.25, 0.3) is 0 Å². The summed E-state index contributed by atoms with van der Waals surface area (Å²) in [6, 6.07) is 0. The minimum absolute atomic E-state index is 0.0580. The summed E-state index contributed by atoms with van der Waals surface area (Å²) >= 11 is 0. The number of methoxy groups -OCH3 is 1. The molecule has 0 unspecified atom stereocenters. The van der Waals surface area contributed by atoms with Crippen LogP contribution in [0.15, 0.2) is 12.4 Å². The molecule has 0 aliphatic rings. The Morgan fingerprint density at radius 2 is 2.17 bits per heavy atom. The zero-order valence-electron chi connectivity index (χ0n) is 6.45. The number of ether oxygens (including phenoxy) is 1. The highest BCUT2D eigenvalue weighted by Gasteiger charge is 2.05. The van der Waals surface area contributed by atoms with Gasteiger partial charge in [0.2, 0.25) is 0 Å². The Kier molecular flexibility index (Phi) is 2.68. The van der Waals surface area contributed by atoms with Gasteiger partial charge in [0.05, 0.1) is 12.7 Å². The van der Waals surface area contributed by atoms with Crippen molar-refractivity contribution in [3.63, 3.8) is 0 Å². The van der Waals surface area contributed by atoms with Gasteiger partial charge in [-0.1, -0.05) is 0 Å². The number of halogens is 1. The number of aromatic nitrogens is 2. The third-order valence-electron chi connectivity index (χ3n) is 1.25. The average Bonchev–Trinajstić information content (AvgIpc) is 2.17. The summed E-state index contributed by atoms with van der Waals surface area (Å²) in [5, 5.41) is 0. The van der Waals surface area contributed by atoms with Gasteiger partial charge in [-0.2, -0.15) is 0 Å². The van der Waals surface area contributed by atoms with Crippen molar-refractivity contribution in [1.29, 1.82) is 0 Å². The van der Waals surface area contributed by atoms with Gasteiger partial charge in [0, 0.05) is 12.4 Å². The summed E-state index contributed by atoms with van der Waals surface area (Å²) < 4.78 is 16.3. The zero-order valence-corrected chi connectivity index (χ0v) is 6.45. The Balaban J connectivity index is 2.84. The van der Waals surface area contributed by atoms with Gasteiger partial charge in [0.25, 0.3) is 0 Å². The Morgan fingerprint density at radius 3 is 2.58 bits per heavy atom. The van der Waals surface area contributed by atoms with Gasteiger partial charge < -0.3 is 4.74 Å². The van der Waals surface area contributed by atoms with Crippen molar-refractivity contribution in [2.75, 3.05) is 7.11 Å². The maximum atomic E-state index is 11.9. The topological polar surface area (TPSA) is 52.1 Å². The van der Waals surface area contributed by atoms with Gasteiger partial charge in [-0.3, -0.25) is 0 Å². The van der Waals surface area contributed by atoms with Gasteiger partial charge >= 0.3 is 5.97 Å². The molecular weight excluding hydrogens is 163 g/mol. The van der Waals surface area contributed by atoms with Crippen LogP contribution in [0, 0.1) is 0 Å². The first-order valence-electron chi connectivity index (χ1n) is 3.23. The number of carbonyl (C=O) groups is 1. The van der Waals surface area contributed by atoms with E-state index in [1.807, 2.05) is 0 Å². The molecule has 5 heteroatoms. The summed E-state index contributed by atoms with van der Waals surface area (Å²) in [4.78, 5) is 18.0. The molecule has 4 nitrogen and oxygen atoms in total. The fourth-order valence-corrected chi connectivity index (χ4v) is 0.647. The molecule has 0 aliphatic carbocycles. The van der Waals surface area contributed by atoms with E-state index in [9.17, 15) is 9.18 Å². The lowest BCUT2D eigenvalue weighted by molar-refractivity contribution is 0.0599. The van der Waals surface area contributed by atoms with Crippen molar-refractivity contribution in [1.82, 2.24) is 9.97 Å². The maximum absolute atomic E-state index is 11.9. The van der Waals surface area contributed by atoms with Crippen LogP contribution in [0.4, 0.5) is 4.39 Å². The van der Waals surface area contributed by atoms with E-state index in [0.717, 1.165) is 0 Å². The maximum Gasteiger partial charge on any atom is 0.341 e. The number of alkyl halides is 1. The molecule has 0 spiro atoms. The molecular formula is C7H7FN2O2. The van der Waals surface area contributed by atoms with Crippen molar-refractivity contribution in [2.45, 2.75) is 6.67 Å². The lowest BCUT2D eigenvalue weighted by Crippen LogP contribution is -2.03. The van der Waals surface area contributed by atoms with Gasteiger partial charge in [-0.05, 0) is 0 Å². The van der Waals surface area contributed by atoms with Crippen LogP contribution < -0.4 is 0 Å². The van der Waals surface area contributed by atoms with Gasteiger partial charge in [0.1, 0.15) is 6.67 Å². The summed E-state index contributed by atoms with van der Waals surface area (Å²) in [7, 11) is 1.26. The number of nitrogens with zero attached hydrogens (tertiary/aromatic N) is 2. The standard InChI is InChI=1S/C7H7FN2O2/c1-12-7(11)5-3-9-6(2-8)10-4-5/h3-4H,2H2,1H3. The molecule has 0 aromatic carbocycles. The van der Waals surface area contributed by atoms with E-state index in [4.69, 9.17) is 0 Å². The van der Waals surface area contributed by atoms with Crippen LogP contribution in [0.5, 0.6) is 0 Å². The van der Waals surface area contributed by atoms with Gasteiger partial charge in [0.15, 0.2) is 5.82 Å². The smallest absolute Gasteiger partial charge is 0.341 e. The molecule has 64 valence electrons. The molecule has 0 fully saturated rings. The quantitative estimate of drug-likeness (QED) is 0.614. The van der Waals surface area contributed by atoms with E-state index in [2.05, 4.69) is 14.7 Å². The molecule has 1 aromatic rings. The van der Waals surface area contributed by atoms with Gasteiger partial charge in [-0.15, -0.1) is 0 Å². The molecule has 1 rings (SSSR count). The Labute approximate surface area is 68.4 Å². The molecule has 0 saturated heterocycles. The van der Waals surface area contributed by atoms with Crippen molar-refractivity contribution in [3.8, 4) is 0 Å². The number of hydrogen-bond donors (Lipinski definition) is 0. The summed E-state index contributed by atoms with van der Waals surface area (Å²) in [5.74, 6) is -0.469. The highest BCUT2D eigenvalue weighted by Crippen LogP contribution is 1.98. The van der Waals surface area contributed by atoms with Crippen LogP contribution in [-0.4, -0.2) is 23.0 Å². The number of esters is 1. The first-order valence-corrected chi connectivity index (χ1v) is 3.23. The van der Waals surface area contributed by atoms with Crippen molar-refractivity contribution < 1.29 is 13.9 Å². The average molecular weight is 170 g/mol. The predicted octanol–water partition coefficient (Wildman–Crippen LogP) is 0.733. The molecule has 1 aromatic heterocycles. The molecule has 0 aliphatic heterocycles. The Morgan fingerprint density at radius 1 is 1.58 bits per heavy atom. The largest absolute Gasteiger partial charge is 0.465 e. The second-order valence-corrected chi connectivity index (χ2v) is 2.01.